The molecule has 0 saturated heterocycles. The Morgan fingerprint density at radius 3 is 2.65 bits per heavy atom. The molecule has 0 aliphatic carbocycles. The Bertz CT molecular complexity index is 520. The monoisotopic (exact) mass is 320 g/mol. The summed E-state index contributed by atoms with van der Waals surface area (Å²) >= 11 is 5.47. The van der Waals surface area contributed by atoms with E-state index >= 15 is 0 Å². The number of hydrogen-bond acceptors (Lipinski definition) is 4. The predicted molar refractivity (Wildman–Crippen MR) is 81.9 cm³/mol. The molecule has 1 N–H and O–H groups in total. The number of halogens is 1. The van der Waals surface area contributed by atoms with Crippen molar-refractivity contribution in [3.05, 3.63) is 29.8 Å². The van der Waals surface area contributed by atoms with Gasteiger partial charge in [-0.15, -0.1) is 11.6 Å². The number of nitrogens with one attached hydrogen (secondary N) is 1. The smallest absolute Gasteiger partial charge is 0.212 e. The van der Waals surface area contributed by atoms with Crippen molar-refractivity contribution in [1.29, 1.82) is 0 Å². The zero-order chi connectivity index (χ0) is 15.2. The fourth-order valence-electron chi connectivity index (χ4n) is 1.83. The highest BCUT2D eigenvalue weighted by Gasteiger charge is 2.18. The van der Waals surface area contributed by atoms with Gasteiger partial charge in [0.05, 0.1) is 12.9 Å². The molecule has 1 unspecified atom stereocenters. The second kappa shape index (κ2) is 7.83. The standard InChI is InChI=1S/C13H21ClN2O3S/c1-16(2)13(10-15-20(17,18)8-7-14)11-5-4-6-12(9-11)19-3/h4-6,9,13,15H,7-8,10H2,1-3H3. The highest BCUT2D eigenvalue weighted by molar-refractivity contribution is 7.89. The fraction of sp³-hybridized carbons (Fsp3) is 0.538. The zero-order valence-corrected chi connectivity index (χ0v) is 13.5. The van der Waals surface area contributed by atoms with E-state index in [0.717, 1.165) is 11.3 Å². The first-order valence-corrected chi connectivity index (χ1v) is 8.42. The number of hydrogen-bond donors (Lipinski definition) is 1. The van der Waals surface area contributed by atoms with Gasteiger partial charge in [0.15, 0.2) is 0 Å². The lowest BCUT2D eigenvalue weighted by Gasteiger charge is -2.25. The van der Waals surface area contributed by atoms with Gasteiger partial charge in [0, 0.05) is 18.5 Å². The quantitative estimate of drug-likeness (QED) is 0.737. The maximum atomic E-state index is 11.7. The molecule has 1 aromatic carbocycles. The van der Waals surface area contributed by atoms with Crippen molar-refractivity contribution in [3.63, 3.8) is 0 Å². The number of rotatable bonds is 8. The molecular formula is C13H21ClN2O3S. The second-order valence-electron chi connectivity index (χ2n) is 4.61. The number of ether oxygens (including phenoxy) is 1. The van der Waals surface area contributed by atoms with Crippen molar-refractivity contribution in [2.45, 2.75) is 6.04 Å². The Hall–Kier alpha value is -0.820. The number of alkyl halides is 1. The first-order valence-electron chi connectivity index (χ1n) is 6.23. The maximum Gasteiger partial charge on any atom is 0.212 e. The average Bonchev–Trinajstić information content (AvgIpc) is 2.38. The molecule has 114 valence electrons. The summed E-state index contributed by atoms with van der Waals surface area (Å²) in [6, 6.07) is 7.52. The molecule has 0 bridgehead atoms. The Morgan fingerprint density at radius 2 is 2.10 bits per heavy atom. The van der Waals surface area contributed by atoms with E-state index in [1.54, 1.807) is 7.11 Å². The van der Waals surface area contributed by atoms with Crippen molar-refractivity contribution in [3.8, 4) is 5.75 Å². The first-order chi connectivity index (χ1) is 9.39. The van der Waals surface area contributed by atoms with Gasteiger partial charge in [0.1, 0.15) is 5.75 Å². The van der Waals surface area contributed by atoms with Crippen molar-refractivity contribution in [2.75, 3.05) is 39.4 Å². The minimum absolute atomic E-state index is 0.0739. The third-order valence-electron chi connectivity index (χ3n) is 2.94. The molecule has 0 saturated carbocycles. The molecule has 0 heterocycles. The largest absolute Gasteiger partial charge is 0.497 e. The molecule has 0 amide bonds. The Balaban J connectivity index is 2.84. The highest BCUT2D eigenvalue weighted by atomic mass is 35.5. The van der Waals surface area contributed by atoms with Crippen LogP contribution in [-0.2, 0) is 10.0 Å². The van der Waals surface area contributed by atoms with Crippen LogP contribution in [0.1, 0.15) is 11.6 Å². The molecule has 20 heavy (non-hydrogen) atoms. The van der Waals surface area contributed by atoms with Crippen LogP contribution in [0.3, 0.4) is 0 Å². The lowest BCUT2D eigenvalue weighted by Crippen LogP contribution is -2.36. The first kappa shape index (κ1) is 17.2. The number of likely N-dealkylation sites (N-methyl/N-ethyl adjacent to an activating group) is 1. The molecule has 5 nitrogen and oxygen atoms in total. The van der Waals surface area contributed by atoms with E-state index in [4.69, 9.17) is 16.3 Å². The van der Waals surface area contributed by atoms with Crippen LogP contribution in [0.5, 0.6) is 5.75 Å². The van der Waals surface area contributed by atoms with Gasteiger partial charge in [-0.1, -0.05) is 12.1 Å². The summed E-state index contributed by atoms with van der Waals surface area (Å²) in [6.07, 6.45) is 0. The normalized spacial score (nSPS) is 13.4. The molecule has 0 radical (unpaired) electrons. The van der Waals surface area contributed by atoms with E-state index in [-0.39, 0.29) is 17.7 Å². The number of methoxy groups -OCH3 is 1. The summed E-state index contributed by atoms with van der Waals surface area (Å²) in [5, 5.41) is 0. The molecule has 0 aliphatic heterocycles. The molecule has 7 heteroatoms. The van der Waals surface area contributed by atoms with Gasteiger partial charge in [0.2, 0.25) is 10.0 Å². The van der Waals surface area contributed by atoms with E-state index in [1.807, 2.05) is 43.3 Å². The third kappa shape index (κ3) is 5.28. The molecule has 1 rings (SSSR count). The predicted octanol–water partition coefficient (Wildman–Crippen LogP) is 1.46. The molecule has 0 fully saturated rings. The zero-order valence-electron chi connectivity index (χ0n) is 12.0. The lowest BCUT2D eigenvalue weighted by atomic mass is 10.1. The van der Waals surface area contributed by atoms with Gasteiger partial charge in [-0.3, -0.25) is 0 Å². The Labute approximate surface area is 125 Å². The summed E-state index contributed by atoms with van der Waals surface area (Å²) in [7, 11) is 2.09. The van der Waals surface area contributed by atoms with E-state index in [9.17, 15) is 8.42 Å². The fourth-order valence-corrected chi connectivity index (χ4v) is 3.20. The lowest BCUT2D eigenvalue weighted by molar-refractivity contribution is 0.298. The second-order valence-corrected chi connectivity index (χ2v) is 6.92. The van der Waals surface area contributed by atoms with Crippen LogP contribution in [-0.4, -0.2) is 52.7 Å². The van der Waals surface area contributed by atoms with Crippen LogP contribution in [0.15, 0.2) is 24.3 Å². The Kier molecular flexibility index (Phi) is 6.75. The van der Waals surface area contributed by atoms with Crippen LogP contribution in [0.4, 0.5) is 0 Å². The number of sulfonamides is 1. The Morgan fingerprint density at radius 1 is 1.40 bits per heavy atom. The van der Waals surface area contributed by atoms with E-state index in [1.165, 1.54) is 0 Å². The SMILES string of the molecule is COc1cccc(C(CNS(=O)(=O)CCCl)N(C)C)c1. The molecule has 1 atom stereocenters. The van der Waals surface area contributed by atoms with E-state index in [2.05, 4.69) is 4.72 Å². The molecular weight excluding hydrogens is 300 g/mol. The van der Waals surface area contributed by atoms with Crippen LogP contribution < -0.4 is 9.46 Å². The van der Waals surface area contributed by atoms with Crippen LogP contribution in [0, 0.1) is 0 Å². The van der Waals surface area contributed by atoms with Gasteiger partial charge in [-0.25, -0.2) is 13.1 Å². The minimum Gasteiger partial charge on any atom is -0.497 e. The summed E-state index contributed by atoms with van der Waals surface area (Å²) < 4.78 is 31.1. The highest BCUT2D eigenvalue weighted by Crippen LogP contribution is 2.22. The molecule has 0 aliphatic rings. The van der Waals surface area contributed by atoms with Crippen LogP contribution in [0.2, 0.25) is 0 Å². The number of benzene rings is 1. The van der Waals surface area contributed by atoms with Gasteiger partial charge in [-0.2, -0.15) is 0 Å². The van der Waals surface area contributed by atoms with Gasteiger partial charge in [0.25, 0.3) is 0 Å². The van der Waals surface area contributed by atoms with Gasteiger partial charge < -0.3 is 9.64 Å². The molecule has 0 spiro atoms. The van der Waals surface area contributed by atoms with Crippen molar-refractivity contribution < 1.29 is 13.2 Å². The van der Waals surface area contributed by atoms with Crippen molar-refractivity contribution in [2.24, 2.45) is 0 Å². The van der Waals surface area contributed by atoms with Crippen LogP contribution in [0.25, 0.3) is 0 Å². The maximum absolute atomic E-state index is 11.7. The molecule has 1 aromatic rings. The summed E-state index contributed by atoms with van der Waals surface area (Å²) in [5.41, 5.74) is 0.989. The third-order valence-corrected chi connectivity index (χ3v) is 4.71. The van der Waals surface area contributed by atoms with Crippen LogP contribution >= 0.6 is 11.6 Å². The van der Waals surface area contributed by atoms with Gasteiger partial charge >= 0.3 is 0 Å². The van der Waals surface area contributed by atoms with Crippen molar-refractivity contribution in [1.82, 2.24) is 9.62 Å². The van der Waals surface area contributed by atoms with Crippen molar-refractivity contribution >= 4 is 21.6 Å². The summed E-state index contributed by atoms with van der Waals surface area (Å²) in [5.74, 6) is 0.756. The van der Waals surface area contributed by atoms with Gasteiger partial charge in [-0.05, 0) is 31.8 Å². The average molecular weight is 321 g/mol. The van der Waals surface area contributed by atoms with E-state index in [0.29, 0.717) is 6.54 Å². The number of nitrogens with zero attached hydrogens (tertiary/aromatic N) is 1. The van der Waals surface area contributed by atoms with E-state index < -0.39 is 10.0 Å². The topological polar surface area (TPSA) is 58.6 Å². The molecule has 0 aromatic heterocycles. The summed E-state index contributed by atoms with van der Waals surface area (Å²) in [4.78, 5) is 1.96. The minimum atomic E-state index is -3.32. The summed E-state index contributed by atoms with van der Waals surface area (Å²) in [6.45, 7) is 0.291.